The Bertz CT molecular complexity index is 1470. The molecule has 34 heavy (non-hydrogen) atoms. The highest BCUT2D eigenvalue weighted by Gasteiger charge is 2.26. The number of halogens is 2. The molecule has 1 fully saturated rings. The number of H-pyrrole nitrogens is 1. The third kappa shape index (κ3) is 3.91. The fourth-order valence-corrected chi connectivity index (χ4v) is 4.46. The molecule has 1 saturated heterocycles. The minimum Gasteiger partial charge on any atom is -0.347 e. The lowest BCUT2D eigenvalue weighted by atomic mass is 10.1. The van der Waals surface area contributed by atoms with Crippen LogP contribution >= 0.6 is 11.6 Å². The first kappa shape index (κ1) is 22.1. The van der Waals surface area contributed by atoms with Gasteiger partial charge < -0.3 is 15.2 Å². The zero-order chi connectivity index (χ0) is 24.0. The van der Waals surface area contributed by atoms with Gasteiger partial charge in [-0.05, 0) is 50.3 Å². The molecule has 4 aromatic rings. The van der Waals surface area contributed by atoms with E-state index in [9.17, 15) is 9.18 Å². The van der Waals surface area contributed by atoms with Crippen LogP contribution in [0.25, 0.3) is 33.5 Å². The topological polar surface area (TPSA) is 103 Å². The highest BCUT2D eigenvalue weighted by Crippen LogP contribution is 2.31. The molecule has 0 spiro atoms. The Hall–Kier alpha value is -3.74. The number of carbonyl (C=O) groups excluding carboxylic acids is 1. The number of aromatic amines is 1. The second-order valence-corrected chi connectivity index (χ2v) is 8.84. The van der Waals surface area contributed by atoms with Gasteiger partial charge >= 0.3 is 0 Å². The Kier molecular flexibility index (Phi) is 5.55. The number of rotatable bonds is 4. The molecule has 1 aliphatic heterocycles. The highest BCUT2D eigenvalue weighted by atomic mass is 35.5. The molecule has 172 valence electrons. The maximum Gasteiger partial charge on any atom is 0.272 e. The van der Waals surface area contributed by atoms with Crippen LogP contribution in [0.4, 0.5) is 4.39 Å². The van der Waals surface area contributed by atoms with Gasteiger partial charge in [0.2, 0.25) is 0 Å². The van der Waals surface area contributed by atoms with Crippen LogP contribution in [0.5, 0.6) is 0 Å². The van der Waals surface area contributed by atoms with Crippen LogP contribution in [0.1, 0.15) is 22.5 Å². The summed E-state index contributed by atoms with van der Waals surface area (Å²) in [7, 11) is 3.77. The predicted octanol–water partition coefficient (Wildman–Crippen LogP) is 3.73. The summed E-state index contributed by atoms with van der Waals surface area (Å²) < 4.78 is 15.9. The Morgan fingerprint density at radius 2 is 2.06 bits per heavy atom. The van der Waals surface area contributed by atoms with Crippen molar-refractivity contribution in [1.29, 1.82) is 5.26 Å². The van der Waals surface area contributed by atoms with Gasteiger partial charge in [0.25, 0.3) is 5.91 Å². The lowest BCUT2D eigenvalue weighted by molar-refractivity contribution is 0.0934. The van der Waals surface area contributed by atoms with Gasteiger partial charge in [-0.3, -0.25) is 9.48 Å². The second-order valence-electron chi connectivity index (χ2n) is 8.48. The van der Waals surface area contributed by atoms with Crippen LogP contribution in [0.15, 0.2) is 36.4 Å². The standard InChI is InChI=1S/C24H21ClFN7O/c1-32-8-7-16(12-32)28-24(34)21-20(13-5-6-19-17(9-13)22(25)33(2)31-19)29-23(30-21)14-3-4-15(11-27)18(26)10-14/h3-6,9-10,16H,7-8,12H2,1-2H3,(H,28,34)(H,29,30). The largest absolute Gasteiger partial charge is 0.347 e. The van der Waals surface area contributed by atoms with Gasteiger partial charge in [-0.2, -0.15) is 10.4 Å². The number of fused-ring (bicyclic) bond motifs is 1. The molecule has 5 rings (SSSR count). The van der Waals surface area contributed by atoms with E-state index < -0.39 is 5.82 Å². The normalized spacial score (nSPS) is 16.1. The molecule has 2 N–H and O–H groups in total. The first-order chi connectivity index (χ1) is 16.3. The van der Waals surface area contributed by atoms with Gasteiger partial charge in [0.15, 0.2) is 5.69 Å². The fourth-order valence-electron chi connectivity index (χ4n) is 4.27. The van der Waals surface area contributed by atoms with Gasteiger partial charge in [-0.15, -0.1) is 0 Å². The number of carbonyl (C=O) groups is 1. The Balaban J connectivity index is 1.60. The molecule has 0 bridgehead atoms. The minimum atomic E-state index is -0.651. The van der Waals surface area contributed by atoms with Crippen LogP contribution in [-0.2, 0) is 7.05 Å². The maximum atomic E-state index is 14.3. The van der Waals surface area contributed by atoms with Crippen molar-refractivity contribution in [2.45, 2.75) is 12.5 Å². The smallest absolute Gasteiger partial charge is 0.272 e. The summed E-state index contributed by atoms with van der Waals surface area (Å²) in [5, 5.41) is 17.7. The van der Waals surface area contributed by atoms with E-state index in [0.717, 1.165) is 30.4 Å². The molecule has 8 nitrogen and oxygen atoms in total. The van der Waals surface area contributed by atoms with Crippen molar-refractivity contribution < 1.29 is 9.18 Å². The molecule has 1 unspecified atom stereocenters. The Morgan fingerprint density at radius 3 is 2.76 bits per heavy atom. The minimum absolute atomic E-state index is 0.0214. The van der Waals surface area contributed by atoms with E-state index in [2.05, 4.69) is 25.3 Å². The number of nitrogens with zero attached hydrogens (tertiary/aromatic N) is 5. The quantitative estimate of drug-likeness (QED) is 0.466. The van der Waals surface area contributed by atoms with Crippen LogP contribution in [-0.4, -0.2) is 56.7 Å². The second kappa shape index (κ2) is 8.56. The molecular weight excluding hydrogens is 457 g/mol. The lowest BCUT2D eigenvalue weighted by Crippen LogP contribution is -2.36. The molecule has 0 aliphatic carbocycles. The first-order valence-electron chi connectivity index (χ1n) is 10.8. The maximum absolute atomic E-state index is 14.3. The summed E-state index contributed by atoms with van der Waals surface area (Å²) in [6.45, 7) is 1.67. The number of aromatic nitrogens is 4. The molecule has 0 saturated carbocycles. The number of aryl methyl sites for hydroxylation is 1. The van der Waals surface area contributed by atoms with Crippen molar-refractivity contribution in [3.05, 3.63) is 58.6 Å². The molecule has 0 radical (unpaired) electrons. The van der Waals surface area contributed by atoms with Crippen LogP contribution < -0.4 is 5.32 Å². The zero-order valence-corrected chi connectivity index (χ0v) is 19.3. The molecule has 1 atom stereocenters. The number of likely N-dealkylation sites (N-methyl/N-ethyl adjacent to an activating group) is 1. The summed E-state index contributed by atoms with van der Waals surface area (Å²) in [5.41, 5.74) is 2.49. The number of hydrogen-bond donors (Lipinski definition) is 2. The average Bonchev–Trinajstić information content (AvgIpc) is 3.51. The van der Waals surface area contributed by atoms with E-state index in [4.69, 9.17) is 16.9 Å². The number of hydrogen-bond acceptors (Lipinski definition) is 5. The van der Waals surface area contributed by atoms with Gasteiger partial charge in [0.1, 0.15) is 22.9 Å². The van der Waals surface area contributed by atoms with Crippen molar-refractivity contribution in [2.75, 3.05) is 20.1 Å². The number of nitrogens with one attached hydrogen (secondary N) is 2. The van der Waals surface area contributed by atoms with Crippen LogP contribution in [0, 0.1) is 17.1 Å². The summed E-state index contributed by atoms with van der Waals surface area (Å²) >= 11 is 6.40. The summed E-state index contributed by atoms with van der Waals surface area (Å²) in [6.07, 6.45) is 0.854. The molecule has 1 amide bonds. The third-order valence-electron chi connectivity index (χ3n) is 6.06. The predicted molar refractivity (Wildman–Crippen MR) is 127 cm³/mol. The monoisotopic (exact) mass is 477 g/mol. The van der Waals surface area contributed by atoms with Gasteiger partial charge in [-0.25, -0.2) is 9.37 Å². The first-order valence-corrected chi connectivity index (χ1v) is 11.1. The average molecular weight is 478 g/mol. The number of imidazole rings is 1. The van der Waals surface area contributed by atoms with Crippen molar-refractivity contribution >= 4 is 28.4 Å². The zero-order valence-electron chi connectivity index (χ0n) is 18.6. The van der Waals surface area contributed by atoms with Crippen LogP contribution in [0.2, 0.25) is 5.15 Å². The van der Waals surface area contributed by atoms with Crippen molar-refractivity contribution in [3.63, 3.8) is 0 Å². The summed E-state index contributed by atoms with van der Waals surface area (Å²) in [4.78, 5) is 23.1. The molecule has 2 aromatic heterocycles. The van der Waals surface area contributed by atoms with E-state index in [1.165, 1.54) is 12.1 Å². The van der Waals surface area contributed by atoms with E-state index in [1.807, 2.05) is 31.3 Å². The summed E-state index contributed by atoms with van der Waals surface area (Å²) in [5.74, 6) is -0.643. The highest BCUT2D eigenvalue weighted by molar-refractivity contribution is 6.34. The van der Waals surface area contributed by atoms with Gasteiger partial charge in [0.05, 0.1) is 16.8 Å². The lowest BCUT2D eigenvalue weighted by Gasteiger charge is -2.12. The number of nitriles is 1. The molecule has 10 heteroatoms. The van der Waals surface area contributed by atoms with Crippen LogP contribution in [0.3, 0.4) is 0 Å². The number of benzene rings is 2. The molecule has 3 heterocycles. The molecular formula is C24H21ClFN7O. The Labute approximate surface area is 200 Å². The van der Waals surface area contributed by atoms with E-state index in [-0.39, 0.29) is 23.2 Å². The van der Waals surface area contributed by atoms with Crippen molar-refractivity contribution in [1.82, 2.24) is 30.0 Å². The van der Waals surface area contributed by atoms with Gasteiger partial charge in [0, 0.05) is 36.1 Å². The van der Waals surface area contributed by atoms with Crippen molar-refractivity contribution in [2.24, 2.45) is 7.05 Å². The van der Waals surface area contributed by atoms with E-state index in [0.29, 0.717) is 27.8 Å². The molecule has 2 aromatic carbocycles. The molecule has 1 aliphatic rings. The fraction of sp³-hybridized carbons (Fsp3) is 0.250. The number of amides is 1. The number of likely N-dealkylation sites (tertiary alicyclic amines) is 1. The van der Waals surface area contributed by atoms with Crippen molar-refractivity contribution in [3.8, 4) is 28.7 Å². The van der Waals surface area contributed by atoms with E-state index in [1.54, 1.807) is 17.8 Å². The third-order valence-corrected chi connectivity index (χ3v) is 6.51. The summed E-state index contributed by atoms with van der Waals surface area (Å²) in [6, 6.07) is 11.6. The SMILES string of the molecule is CN1CCC(NC(=O)c2nc(-c3ccc(C#N)c(F)c3)[nH]c2-c2ccc3nn(C)c(Cl)c3c2)C1. The van der Waals surface area contributed by atoms with E-state index >= 15 is 0 Å². The van der Waals surface area contributed by atoms with Gasteiger partial charge in [-0.1, -0.05) is 17.7 Å². The Morgan fingerprint density at radius 1 is 1.26 bits per heavy atom.